The second-order valence-corrected chi connectivity index (χ2v) is 5.78. The topological polar surface area (TPSA) is 77.3 Å². The second kappa shape index (κ2) is 7.06. The Morgan fingerprint density at radius 2 is 2.09 bits per heavy atom. The van der Waals surface area contributed by atoms with Crippen LogP contribution in [0.2, 0.25) is 0 Å². The van der Waals surface area contributed by atoms with Crippen molar-refractivity contribution >= 4 is 22.4 Å². The number of carbonyl (C=O) groups is 1. The molecule has 6 nitrogen and oxygen atoms in total. The fourth-order valence-electron chi connectivity index (χ4n) is 1.90. The van der Waals surface area contributed by atoms with Crippen LogP contribution in [0.25, 0.3) is 0 Å². The molecule has 23 heavy (non-hydrogen) atoms. The van der Waals surface area contributed by atoms with Gasteiger partial charge < -0.3 is 9.15 Å². The van der Waals surface area contributed by atoms with Crippen LogP contribution in [0, 0.1) is 0 Å². The third kappa shape index (κ3) is 3.95. The van der Waals surface area contributed by atoms with Crippen LogP contribution in [0.5, 0.6) is 5.75 Å². The Morgan fingerprint density at radius 3 is 2.78 bits per heavy atom. The lowest BCUT2D eigenvalue weighted by atomic mass is 10.2. The third-order valence-electron chi connectivity index (χ3n) is 3.13. The molecule has 7 heteroatoms. The Bertz CT molecular complexity index is 766. The highest BCUT2D eigenvalue weighted by atomic mass is 32.1. The molecule has 118 valence electrons. The lowest BCUT2D eigenvalue weighted by molar-refractivity contribution is 0.0996. The fourth-order valence-corrected chi connectivity index (χ4v) is 2.54. The number of nitrogens with zero attached hydrogens (tertiary/aromatic N) is 2. The fraction of sp³-hybridized carbons (Fsp3) is 0.188. The summed E-state index contributed by atoms with van der Waals surface area (Å²) in [5.74, 6) is 0.654. The van der Waals surface area contributed by atoms with Crippen molar-refractivity contribution in [2.24, 2.45) is 0 Å². The molecule has 0 saturated heterocycles. The number of carbonyl (C=O) groups excluding carboxylic acids is 1. The molecule has 0 radical (unpaired) electrons. The van der Waals surface area contributed by atoms with Crippen LogP contribution in [-0.2, 0) is 13.0 Å². The normalized spacial score (nSPS) is 10.5. The Hall–Kier alpha value is -2.67. The molecule has 0 spiro atoms. The number of anilines is 1. The van der Waals surface area contributed by atoms with E-state index in [4.69, 9.17) is 9.15 Å². The van der Waals surface area contributed by atoms with Gasteiger partial charge in [0.1, 0.15) is 12.4 Å². The van der Waals surface area contributed by atoms with Crippen molar-refractivity contribution in [1.82, 2.24) is 10.2 Å². The summed E-state index contributed by atoms with van der Waals surface area (Å²) in [5.41, 5.74) is 1.26. The zero-order valence-electron chi connectivity index (χ0n) is 12.5. The standard InChI is InChI=1S/C16H15N3O3S/c1-2-11-5-7-12(8-6-11)22-10-14-18-19-16(23-14)17-15(20)13-4-3-9-21-13/h3-9H,2,10H2,1H3,(H,17,19,20). The van der Waals surface area contributed by atoms with Crippen LogP contribution < -0.4 is 10.1 Å². The van der Waals surface area contributed by atoms with Gasteiger partial charge in [0.15, 0.2) is 10.8 Å². The highest BCUT2D eigenvalue weighted by molar-refractivity contribution is 7.15. The maximum absolute atomic E-state index is 11.8. The third-order valence-corrected chi connectivity index (χ3v) is 3.94. The van der Waals surface area contributed by atoms with Crippen molar-refractivity contribution < 1.29 is 13.9 Å². The molecule has 1 aromatic carbocycles. The van der Waals surface area contributed by atoms with Gasteiger partial charge in [-0.05, 0) is 36.2 Å². The van der Waals surface area contributed by atoms with E-state index < -0.39 is 0 Å². The van der Waals surface area contributed by atoms with Gasteiger partial charge in [0.2, 0.25) is 5.13 Å². The van der Waals surface area contributed by atoms with Crippen molar-refractivity contribution in [3.8, 4) is 5.75 Å². The average Bonchev–Trinajstić information content (AvgIpc) is 3.25. The largest absolute Gasteiger partial charge is 0.486 e. The van der Waals surface area contributed by atoms with Crippen LogP contribution in [0.4, 0.5) is 5.13 Å². The summed E-state index contributed by atoms with van der Waals surface area (Å²) >= 11 is 1.26. The lowest BCUT2D eigenvalue weighted by Crippen LogP contribution is -2.10. The van der Waals surface area contributed by atoms with E-state index in [1.54, 1.807) is 12.1 Å². The number of hydrogen-bond donors (Lipinski definition) is 1. The highest BCUT2D eigenvalue weighted by Crippen LogP contribution is 2.19. The zero-order valence-corrected chi connectivity index (χ0v) is 13.3. The minimum atomic E-state index is -0.353. The molecule has 0 saturated carbocycles. The molecule has 0 aliphatic rings. The predicted molar refractivity (Wildman–Crippen MR) is 86.7 cm³/mol. The molecule has 2 aromatic heterocycles. The molecule has 3 rings (SSSR count). The molecule has 0 aliphatic carbocycles. The van der Waals surface area contributed by atoms with Crippen molar-refractivity contribution in [2.75, 3.05) is 5.32 Å². The molecule has 2 heterocycles. The number of hydrogen-bond acceptors (Lipinski definition) is 6. The van der Waals surface area contributed by atoms with Crippen LogP contribution in [-0.4, -0.2) is 16.1 Å². The van der Waals surface area contributed by atoms with Gasteiger partial charge >= 0.3 is 0 Å². The van der Waals surface area contributed by atoms with E-state index in [1.165, 1.54) is 23.2 Å². The first-order chi connectivity index (χ1) is 11.2. The average molecular weight is 329 g/mol. The molecule has 0 atom stereocenters. The van der Waals surface area contributed by atoms with Crippen molar-refractivity contribution in [1.29, 1.82) is 0 Å². The predicted octanol–water partition coefficient (Wildman–Crippen LogP) is 3.52. The first kappa shape index (κ1) is 15.2. The molecule has 1 N–H and O–H groups in total. The van der Waals surface area contributed by atoms with Gasteiger partial charge in [-0.25, -0.2) is 0 Å². The summed E-state index contributed by atoms with van der Waals surface area (Å²) in [4.78, 5) is 11.8. The van der Waals surface area contributed by atoms with Crippen LogP contribution in [0.3, 0.4) is 0 Å². The highest BCUT2D eigenvalue weighted by Gasteiger charge is 2.12. The number of aryl methyl sites for hydroxylation is 1. The number of furan rings is 1. The number of amides is 1. The number of rotatable bonds is 6. The summed E-state index contributed by atoms with van der Waals surface area (Å²) in [7, 11) is 0. The number of benzene rings is 1. The second-order valence-electron chi connectivity index (χ2n) is 4.72. The van der Waals surface area contributed by atoms with Gasteiger partial charge in [-0.2, -0.15) is 0 Å². The smallest absolute Gasteiger partial charge is 0.293 e. The molecule has 0 fully saturated rings. The maximum Gasteiger partial charge on any atom is 0.293 e. The summed E-state index contributed by atoms with van der Waals surface area (Å²) in [6, 6.07) is 11.2. The zero-order chi connectivity index (χ0) is 16.1. The maximum atomic E-state index is 11.8. The molecule has 3 aromatic rings. The van der Waals surface area contributed by atoms with Crippen molar-refractivity contribution in [3.63, 3.8) is 0 Å². The molecule has 0 unspecified atom stereocenters. The van der Waals surface area contributed by atoms with Gasteiger partial charge in [-0.15, -0.1) is 10.2 Å². The summed E-state index contributed by atoms with van der Waals surface area (Å²) in [6.07, 6.45) is 2.44. The van der Waals surface area contributed by atoms with E-state index in [1.807, 2.05) is 24.3 Å². The minimum Gasteiger partial charge on any atom is -0.486 e. The SMILES string of the molecule is CCc1ccc(OCc2nnc(NC(=O)c3ccco3)s2)cc1. The van der Waals surface area contributed by atoms with E-state index in [9.17, 15) is 4.79 Å². The van der Waals surface area contributed by atoms with Crippen LogP contribution in [0.15, 0.2) is 47.1 Å². The van der Waals surface area contributed by atoms with Gasteiger partial charge in [0.25, 0.3) is 5.91 Å². The molecule has 0 aliphatic heterocycles. The Kier molecular flexibility index (Phi) is 4.68. The van der Waals surface area contributed by atoms with E-state index in [-0.39, 0.29) is 11.7 Å². The summed E-state index contributed by atoms with van der Waals surface area (Å²) < 4.78 is 10.7. The molecular formula is C16H15N3O3S. The van der Waals surface area contributed by atoms with Gasteiger partial charge in [-0.1, -0.05) is 30.4 Å². The molecule has 0 bridgehead atoms. The summed E-state index contributed by atoms with van der Waals surface area (Å²) in [5, 5.41) is 11.6. The van der Waals surface area contributed by atoms with Crippen molar-refractivity contribution in [3.05, 3.63) is 59.0 Å². The first-order valence-electron chi connectivity index (χ1n) is 7.13. The van der Waals surface area contributed by atoms with Crippen LogP contribution >= 0.6 is 11.3 Å². The van der Waals surface area contributed by atoms with Crippen molar-refractivity contribution in [2.45, 2.75) is 20.0 Å². The molecular weight excluding hydrogens is 314 g/mol. The van der Waals surface area contributed by atoms with E-state index in [0.29, 0.717) is 16.7 Å². The Morgan fingerprint density at radius 1 is 1.26 bits per heavy atom. The Balaban J connectivity index is 1.55. The lowest BCUT2D eigenvalue weighted by Gasteiger charge is -2.04. The van der Waals surface area contributed by atoms with E-state index >= 15 is 0 Å². The van der Waals surface area contributed by atoms with E-state index in [2.05, 4.69) is 22.4 Å². The molecule has 1 amide bonds. The van der Waals surface area contributed by atoms with E-state index in [0.717, 1.165) is 12.2 Å². The number of aromatic nitrogens is 2. The Labute approximate surface area is 137 Å². The van der Waals surface area contributed by atoms with Gasteiger partial charge in [0, 0.05) is 0 Å². The monoisotopic (exact) mass is 329 g/mol. The van der Waals surface area contributed by atoms with Gasteiger partial charge in [0.05, 0.1) is 6.26 Å². The first-order valence-corrected chi connectivity index (χ1v) is 7.95. The minimum absolute atomic E-state index is 0.231. The van der Waals surface area contributed by atoms with Gasteiger partial charge in [-0.3, -0.25) is 10.1 Å². The van der Waals surface area contributed by atoms with Crippen LogP contribution in [0.1, 0.15) is 28.0 Å². The summed E-state index contributed by atoms with van der Waals surface area (Å²) in [6.45, 7) is 2.41. The quantitative estimate of drug-likeness (QED) is 0.748. The number of nitrogens with one attached hydrogen (secondary N) is 1. The number of ether oxygens (including phenoxy) is 1.